The van der Waals surface area contributed by atoms with Crippen molar-refractivity contribution >= 4 is 58.9 Å². The van der Waals surface area contributed by atoms with Crippen LogP contribution >= 0.6 is 0 Å². The van der Waals surface area contributed by atoms with E-state index in [4.69, 9.17) is 9.26 Å². The van der Waals surface area contributed by atoms with Gasteiger partial charge in [0.25, 0.3) is 24.8 Å². The van der Waals surface area contributed by atoms with Crippen LogP contribution in [-0.4, -0.2) is 118 Å². The average molecular weight is 1150 g/mol. The fourth-order valence-electron chi connectivity index (χ4n) is 6.10. The van der Waals surface area contributed by atoms with Crippen LogP contribution in [0.15, 0.2) is 83.4 Å². The summed E-state index contributed by atoms with van der Waals surface area (Å²) in [6, 6.07) is 8.02. The molecular formula is C59H110B7N16O2+4. The predicted molar refractivity (Wildman–Crippen MR) is 349 cm³/mol. The Balaban J connectivity index is -0.000000162. The van der Waals surface area contributed by atoms with Gasteiger partial charge in [0.15, 0.2) is 0 Å². The normalized spacial score (nSPS) is 10.5. The lowest BCUT2D eigenvalue weighted by Gasteiger charge is -2.04. The van der Waals surface area contributed by atoms with Gasteiger partial charge in [-0.15, -0.1) is 10.2 Å². The summed E-state index contributed by atoms with van der Waals surface area (Å²) >= 11 is 0. The molecule has 0 atom stereocenters. The third-order valence-electron chi connectivity index (χ3n) is 11.7. The zero-order valence-electron chi connectivity index (χ0n) is 57.5. The van der Waals surface area contributed by atoms with Crippen molar-refractivity contribution in [3.05, 3.63) is 102 Å². The summed E-state index contributed by atoms with van der Waals surface area (Å²) in [5, 5.41) is 29.2. The van der Waals surface area contributed by atoms with Crippen LogP contribution in [0.3, 0.4) is 0 Å². The summed E-state index contributed by atoms with van der Waals surface area (Å²) in [4.78, 5) is 0. The second-order valence-corrected chi connectivity index (χ2v) is 23.8. The highest BCUT2D eigenvalue weighted by atomic mass is 16.6. The molecule has 18 nitrogen and oxygen atoms in total. The van der Waals surface area contributed by atoms with Gasteiger partial charge in [-0.3, -0.25) is 14.0 Å². The first kappa shape index (κ1) is 92.4. The van der Waals surface area contributed by atoms with Gasteiger partial charge < -0.3 is 0 Å². The minimum absolute atomic E-state index is 0. The van der Waals surface area contributed by atoms with Crippen molar-refractivity contribution in [3.8, 4) is 0 Å². The molecule has 0 bridgehead atoms. The van der Waals surface area contributed by atoms with Crippen LogP contribution in [0.5, 0.6) is 0 Å². The Morgan fingerprint density at radius 3 is 0.714 bits per heavy atom. The second-order valence-electron chi connectivity index (χ2n) is 23.8. The Bertz CT molecular complexity index is 1950. The molecule has 0 unspecified atom stereocenters. The monoisotopic (exact) mass is 1150 g/mol. The molecule has 0 aliphatic carbocycles. The first-order valence-corrected chi connectivity index (χ1v) is 28.6. The van der Waals surface area contributed by atoms with E-state index in [0.717, 1.165) is 11.4 Å². The Morgan fingerprint density at radius 1 is 0.321 bits per heavy atom. The molecule has 0 aromatic carbocycles. The minimum atomic E-state index is 0. The Hall–Kier alpha value is -5.36. The lowest BCUT2D eigenvalue weighted by molar-refractivity contribution is -1.07. The van der Waals surface area contributed by atoms with Gasteiger partial charge in [-0.05, 0) is 117 Å². The summed E-state index contributed by atoms with van der Waals surface area (Å²) < 4.78 is 28.0. The molecule has 25 heteroatoms. The molecule has 0 aliphatic rings. The Morgan fingerprint density at radius 2 is 0.583 bits per heavy atom. The van der Waals surface area contributed by atoms with Gasteiger partial charge in [0.05, 0.1) is 47.9 Å². The molecule has 7 aromatic heterocycles. The molecule has 0 fully saturated rings. The lowest BCUT2D eigenvalue weighted by atomic mass is 10.1. The first-order chi connectivity index (χ1) is 35.8. The van der Waals surface area contributed by atoms with Crippen molar-refractivity contribution < 1.29 is 28.2 Å². The van der Waals surface area contributed by atoms with Gasteiger partial charge >= 0.3 is 0 Å². The van der Waals surface area contributed by atoms with E-state index in [1.54, 1.807) is 0 Å². The van der Waals surface area contributed by atoms with Gasteiger partial charge in [0.2, 0.25) is 24.2 Å². The fraction of sp³-hybridized carbons (Fsp3) is 0.712. The largest absolute Gasteiger partial charge is 0.290 e. The van der Waals surface area contributed by atoms with E-state index in [1.807, 2.05) is 98.1 Å². The Kier molecular flexibility index (Phi) is 50.5. The number of aromatic nitrogens is 16. The summed E-state index contributed by atoms with van der Waals surface area (Å²) in [6.07, 6.45) is 20.0. The summed E-state index contributed by atoms with van der Waals surface area (Å²) in [5.74, 6) is 2.61. The van der Waals surface area contributed by atoms with Gasteiger partial charge in [-0.25, -0.2) is 9.36 Å². The summed E-state index contributed by atoms with van der Waals surface area (Å²) in [5.41, 5.74) is 5.81. The van der Waals surface area contributed by atoms with Crippen molar-refractivity contribution in [2.24, 2.45) is 0 Å². The van der Waals surface area contributed by atoms with E-state index in [2.05, 4.69) is 248 Å². The van der Waals surface area contributed by atoms with Gasteiger partial charge in [0.1, 0.15) is 0 Å². The summed E-state index contributed by atoms with van der Waals surface area (Å²) in [7, 11) is 0. The third-order valence-corrected chi connectivity index (χ3v) is 11.7. The molecule has 0 saturated carbocycles. The van der Waals surface area contributed by atoms with E-state index in [-0.39, 0.29) is 58.9 Å². The molecule has 7 heterocycles. The van der Waals surface area contributed by atoms with E-state index in [0.29, 0.717) is 84.0 Å². The van der Waals surface area contributed by atoms with Crippen molar-refractivity contribution in [2.45, 2.75) is 278 Å². The van der Waals surface area contributed by atoms with Gasteiger partial charge in [0, 0.05) is 185 Å². The van der Waals surface area contributed by atoms with Crippen molar-refractivity contribution in [2.75, 3.05) is 0 Å². The molecule has 0 spiro atoms. The fourth-order valence-corrected chi connectivity index (χ4v) is 6.10. The minimum Gasteiger partial charge on any atom is -0.270 e. The van der Waals surface area contributed by atoms with Gasteiger partial charge in [-0.2, -0.15) is 15.3 Å². The van der Waals surface area contributed by atoms with E-state index in [9.17, 15) is 0 Å². The highest BCUT2D eigenvalue weighted by Crippen LogP contribution is 2.16. The molecule has 455 valence electrons. The summed E-state index contributed by atoms with van der Waals surface area (Å²) in [6.45, 7) is 59.4. The number of hydrogen-bond acceptors (Lipinski definition) is 9. The predicted octanol–water partition coefficient (Wildman–Crippen LogP) is 11.1. The zero-order valence-corrected chi connectivity index (χ0v) is 57.5. The van der Waals surface area contributed by atoms with Crippen LogP contribution < -0.4 is 19.0 Å². The lowest BCUT2D eigenvalue weighted by Crippen LogP contribution is -2.41. The van der Waals surface area contributed by atoms with Crippen LogP contribution in [0, 0.1) is 0 Å². The van der Waals surface area contributed by atoms with Crippen LogP contribution in [0.4, 0.5) is 0 Å². The second kappa shape index (κ2) is 45.9. The topological polar surface area (TPSA) is 157 Å². The van der Waals surface area contributed by atoms with Crippen LogP contribution in [0.2, 0.25) is 0 Å². The molecule has 7 aromatic rings. The number of hydrogen-bond donors (Lipinski definition) is 0. The van der Waals surface area contributed by atoms with Crippen LogP contribution in [-0.2, 0) is 0 Å². The van der Waals surface area contributed by atoms with Crippen molar-refractivity contribution in [3.63, 3.8) is 0 Å². The highest BCUT2D eigenvalue weighted by Gasteiger charge is 2.22. The molecule has 0 saturated heterocycles. The number of nitrogens with zero attached hydrogens (tertiary/aromatic N) is 16. The van der Waals surface area contributed by atoms with E-state index >= 15 is 0 Å². The number of rotatable bonds is 14. The smallest absolute Gasteiger partial charge is 0.270 e. The zero-order chi connectivity index (χ0) is 59.0. The van der Waals surface area contributed by atoms with Crippen LogP contribution in [0.1, 0.15) is 306 Å². The highest BCUT2D eigenvalue weighted by molar-refractivity contribution is 5.76. The standard InChI is InChI=1S/3C9H16N2.2C8H15N3.2C8H16N2O.7B/c1-7(2)9-5-10-11(6-9)8(3)4;2*1-7(2)9-5-6-11(10-9)8(3)4;2*1-6(2)8-5-11(7(3)4)10-9-8;2*1-7(2)9-5-6-10(11-9)8(3)4;;;;;;;/h3*5-8H,1-4H3;2*5-7H,1-4H3;2*5-8H,1-4H3;;;;;;;/q;;;;;2*+2;;;;;;;. The average Bonchev–Trinajstić information content (AvgIpc) is 4.20. The van der Waals surface area contributed by atoms with Crippen molar-refractivity contribution in [1.82, 2.24) is 59.3 Å². The SMILES string of the molecule is CC(C)[n+]1cc[n+](C(C)C)o1.CC(C)[n+]1cc[n+](C(C)C)o1.CC(C)c1ccn(C(C)C)n1.CC(C)c1ccn(C(C)C)n1.CC(C)c1cn(C(C)C)nn1.CC(C)c1cn(C(C)C)nn1.CC(C)c1cnn(C(C)C)c1.[B].[B].[B].[B].[B].[B].[B]. The van der Waals surface area contributed by atoms with Crippen LogP contribution in [0.25, 0.3) is 0 Å². The quantitative estimate of drug-likeness (QED) is 0.0764. The third kappa shape index (κ3) is 34.0. The molecule has 21 radical (unpaired) electrons. The van der Waals surface area contributed by atoms with E-state index in [1.165, 1.54) is 17.0 Å². The molecule has 0 amide bonds. The molecule has 0 aliphatic heterocycles. The Labute approximate surface area is 524 Å². The molecule has 0 N–H and O–H groups in total. The van der Waals surface area contributed by atoms with Gasteiger partial charge in [-0.1, -0.05) is 79.7 Å². The molecular weight excluding hydrogens is 1040 g/mol. The molecule has 7 rings (SSSR count). The maximum absolute atomic E-state index is 5.44. The van der Waals surface area contributed by atoms with Crippen molar-refractivity contribution in [1.29, 1.82) is 0 Å². The maximum Gasteiger partial charge on any atom is 0.290 e. The molecule has 84 heavy (non-hydrogen) atoms. The van der Waals surface area contributed by atoms with E-state index < -0.39 is 0 Å². The first-order valence-electron chi connectivity index (χ1n) is 28.6. The maximum atomic E-state index is 5.44.